The lowest BCUT2D eigenvalue weighted by Crippen LogP contribution is -2.60. The van der Waals surface area contributed by atoms with Gasteiger partial charge in [-0.05, 0) is 48.4 Å². The van der Waals surface area contributed by atoms with E-state index in [-0.39, 0.29) is 31.0 Å². The van der Waals surface area contributed by atoms with E-state index in [1.807, 2.05) is 6.92 Å². The third kappa shape index (κ3) is 4.53. The zero-order valence-electron chi connectivity index (χ0n) is 20.0. The Bertz CT molecular complexity index is 1360. The van der Waals surface area contributed by atoms with Crippen molar-refractivity contribution < 1.29 is 32.2 Å². The number of carbonyl (C=O) groups is 1. The zero-order chi connectivity index (χ0) is 26.5. The van der Waals surface area contributed by atoms with Gasteiger partial charge in [-0.3, -0.25) is 14.8 Å². The SMILES string of the molecule is Cc1ccc(NC(=O)c2ccnc(C(C)(F)F)c2)cc1-c1cnc2c(c1)N1CCOC[C@H]1C(F)(F)C2O. The summed E-state index contributed by atoms with van der Waals surface area (Å²) in [4.78, 5) is 22.1. The van der Waals surface area contributed by atoms with Gasteiger partial charge in [-0.25, -0.2) is 8.78 Å². The normalized spacial score (nSPS) is 20.7. The van der Waals surface area contributed by atoms with Crippen LogP contribution in [0.25, 0.3) is 11.1 Å². The molecule has 2 aliphatic rings. The number of aromatic nitrogens is 2. The fourth-order valence-corrected chi connectivity index (χ4v) is 4.65. The molecule has 0 spiro atoms. The molecule has 1 unspecified atom stereocenters. The summed E-state index contributed by atoms with van der Waals surface area (Å²) < 4.78 is 62.1. The maximum absolute atomic E-state index is 14.8. The van der Waals surface area contributed by atoms with Crippen molar-refractivity contribution in [3.63, 3.8) is 0 Å². The molecule has 3 aromatic rings. The van der Waals surface area contributed by atoms with Gasteiger partial charge in [0.1, 0.15) is 11.7 Å². The van der Waals surface area contributed by atoms with E-state index >= 15 is 0 Å². The van der Waals surface area contributed by atoms with E-state index in [4.69, 9.17) is 4.74 Å². The fourth-order valence-electron chi connectivity index (χ4n) is 4.65. The summed E-state index contributed by atoms with van der Waals surface area (Å²) in [7, 11) is 0. The highest BCUT2D eigenvalue weighted by Gasteiger charge is 2.56. The molecular formula is C26H24F4N4O3. The lowest BCUT2D eigenvalue weighted by Gasteiger charge is -2.47. The Morgan fingerprint density at radius 3 is 2.76 bits per heavy atom. The Hall–Kier alpha value is -3.57. The number of carbonyl (C=O) groups excluding carboxylic acids is 1. The summed E-state index contributed by atoms with van der Waals surface area (Å²) in [6, 6.07) is 7.89. The van der Waals surface area contributed by atoms with Crippen LogP contribution in [0.3, 0.4) is 0 Å². The van der Waals surface area contributed by atoms with E-state index in [2.05, 4.69) is 15.3 Å². The molecule has 11 heteroatoms. The lowest BCUT2D eigenvalue weighted by atomic mass is 9.91. The summed E-state index contributed by atoms with van der Waals surface area (Å²) in [5.41, 5.74) is 2.33. The number of fused-ring (bicyclic) bond motifs is 3. The summed E-state index contributed by atoms with van der Waals surface area (Å²) >= 11 is 0. The molecule has 2 aromatic heterocycles. The molecule has 2 atom stereocenters. The minimum absolute atomic E-state index is 0.0253. The first-order chi connectivity index (χ1) is 17.5. The smallest absolute Gasteiger partial charge is 0.301 e. The number of rotatable bonds is 4. The number of amides is 1. The number of pyridine rings is 2. The number of aliphatic hydroxyl groups excluding tert-OH is 1. The number of benzene rings is 1. The van der Waals surface area contributed by atoms with Crippen LogP contribution in [0.5, 0.6) is 0 Å². The fraction of sp³-hybridized carbons (Fsp3) is 0.346. The highest BCUT2D eigenvalue weighted by atomic mass is 19.3. The van der Waals surface area contributed by atoms with Gasteiger partial charge in [-0.15, -0.1) is 0 Å². The van der Waals surface area contributed by atoms with Gasteiger partial charge >= 0.3 is 5.92 Å². The molecule has 0 radical (unpaired) electrons. The molecule has 194 valence electrons. The Morgan fingerprint density at radius 2 is 2.00 bits per heavy atom. The minimum atomic E-state index is -3.42. The third-order valence-electron chi connectivity index (χ3n) is 6.68. The van der Waals surface area contributed by atoms with E-state index in [1.54, 1.807) is 24.3 Å². The highest BCUT2D eigenvalue weighted by Crippen LogP contribution is 2.47. The molecule has 2 aliphatic heterocycles. The summed E-state index contributed by atoms with van der Waals surface area (Å²) in [5.74, 6) is -7.20. The van der Waals surface area contributed by atoms with Gasteiger partial charge in [0.05, 0.1) is 24.6 Å². The second-order valence-electron chi connectivity index (χ2n) is 9.29. The molecule has 1 amide bonds. The van der Waals surface area contributed by atoms with E-state index in [0.717, 1.165) is 17.8 Å². The largest absolute Gasteiger partial charge is 0.380 e. The Morgan fingerprint density at radius 1 is 1.22 bits per heavy atom. The van der Waals surface area contributed by atoms with Gasteiger partial charge in [0.15, 0.2) is 6.10 Å². The Kier molecular flexibility index (Phi) is 6.15. The monoisotopic (exact) mass is 516 g/mol. The first kappa shape index (κ1) is 25.1. The van der Waals surface area contributed by atoms with Gasteiger partial charge in [0.25, 0.3) is 11.8 Å². The molecular weight excluding hydrogens is 492 g/mol. The van der Waals surface area contributed by atoms with Crippen molar-refractivity contribution in [3.05, 3.63) is 71.3 Å². The van der Waals surface area contributed by atoms with E-state index < -0.39 is 35.6 Å². The number of aliphatic hydroxyl groups is 1. The standard InChI is InChI=1S/C26H24F4N4O3/c1-14-3-4-17(33-24(36)15-5-6-31-20(10-15)25(2,27)28)11-18(14)16-9-19-22(32-12-16)23(35)26(29,30)21-13-37-8-7-34(19)21/h3-6,9-12,21,23,35H,7-8,13H2,1-2H3,(H,33,36)/t21-,23?/m0/s1. The summed E-state index contributed by atoms with van der Waals surface area (Å²) in [6.45, 7) is 2.84. The first-order valence-corrected chi connectivity index (χ1v) is 11.6. The van der Waals surface area contributed by atoms with E-state index in [1.165, 1.54) is 17.2 Å². The van der Waals surface area contributed by atoms with Gasteiger partial charge in [0, 0.05) is 42.7 Å². The molecule has 2 N–H and O–H groups in total. The van der Waals surface area contributed by atoms with E-state index in [9.17, 15) is 27.5 Å². The van der Waals surface area contributed by atoms with Crippen LogP contribution in [0.2, 0.25) is 0 Å². The number of ether oxygens (including phenoxy) is 1. The maximum Gasteiger partial charge on any atom is 0.301 e. The quantitative estimate of drug-likeness (QED) is 0.489. The van der Waals surface area contributed by atoms with Crippen LogP contribution in [0, 0.1) is 6.92 Å². The van der Waals surface area contributed by atoms with Crippen LogP contribution in [-0.2, 0) is 10.7 Å². The summed E-state index contributed by atoms with van der Waals surface area (Å²) in [6.07, 6.45) is 0.496. The number of anilines is 2. The second-order valence-corrected chi connectivity index (χ2v) is 9.29. The summed E-state index contributed by atoms with van der Waals surface area (Å²) in [5, 5.41) is 13.1. The molecule has 7 nitrogen and oxygen atoms in total. The number of hydrogen-bond acceptors (Lipinski definition) is 6. The Labute approximate surface area is 210 Å². The third-order valence-corrected chi connectivity index (χ3v) is 6.68. The van der Waals surface area contributed by atoms with Crippen LogP contribution in [0.1, 0.15) is 40.3 Å². The topological polar surface area (TPSA) is 87.6 Å². The zero-order valence-corrected chi connectivity index (χ0v) is 20.0. The molecule has 1 aromatic carbocycles. The molecule has 0 aliphatic carbocycles. The number of hydrogen-bond donors (Lipinski definition) is 2. The van der Waals surface area contributed by atoms with E-state index in [0.29, 0.717) is 29.4 Å². The maximum atomic E-state index is 14.8. The van der Waals surface area contributed by atoms with Crippen molar-refractivity contribution in [1.82, 2.24) is 9.97 Å². The second kappa shape index (κ2) is 9.07. The van der Waals surface area contributed by atoms with Gasteiger partial charge in [0.2, 0.25) is 0 Å². The van der Waals surface area contributed by atoms with Crippen molar-refractivity contribution in [2.45, 2.75) is 37.8 Å². The molecule has 37 heavy (non-hydrogen) atoms. The number of nitrogens with zero attached hydrogens (tertiary/aromatic N) is 3. The predicted molar refractivity (Wildman–Crippen MR) is 128 cm³/mol. The van der Waals surface area contributed by atoms with Crippen LogP contribution in [0.4, 0.5) is 28.9 Å². The van der Waals surface area contributed by atoms with Crippen LogP contribution >= 0.6 is 0 Å². The molecule has 1 fully saturated rings. The minimum Gasteiger partial charge on any atom is -0.380 e. The number of alkyl halides is 4. The van der Waals surface area contributed by atoms with Crippen molar-refractivity contribution >= 4 is 17.3 Å². The lowest BCUT2D eigenvalue weighted by molar-refractivity contribution is -0.153. The van der Waals surface area contributed by atoms with Crippen molar-refractivity contribution in [2.24, 2.45) is 0 Å². The molecule has 0 bridgehead atoms. The molecule has 5 rings (SSSR count). The van der Waals surface area contributed by atoms with Crippen molar-refractivity contribution in [3.8, 4) is 11.1 Å². The van der Waals surface area contributed by atoms with Gasteiger partial charge in [-0.2, -0.15) is 8.78 Å². The average molecular weight is 516 g/mol. The average Bonchev–Trinajstić information content (AvgIpc) is 2.88. The number of morpholine rings is 1. The van der Waals surface area contributed by atoms with Crippen molar-refractivity contribution in [1.29, 1.82) is 0 Å². The molecule has 4 heterocycles. The molecule has 0 saturated carbocycles. The van der Waals surface area contributed by atoms with Crippen molar-refractivity contribution in [2.75, 3.05) is 30.0 Å². The number of aryl methyl sites for hydroxylation is 1. The highest BCUT2D eigenvalue weighted by molar-refractivity contribution is 6.04. The molecule has 1 saturated heterocycles. The Balaban J connectivity index is 1.47. The first-order valence-electron chi connectivity index (χ1n) is 11.6. The van der Waals surface area contributed by atoms with Gasteiger partial charge in [-0.1, -0.05) is 6.07 Å². The number of nitrogens with one attached hydrogen (secondary N) is 1. The van der Waals surface area contributed by atoms with Crippen LogP contribution in [-0.4, -0.2) is 52.7 Å². The van der Waals surface area contributed by atoms with Crippen LogP contribution in [0.15, 0.2) is 48.8 Å². The number of halogens is 4. The van der Waals surface area contributed by atoms with Crippen LogP contribution < -0.4 is 10.2 Å². The van der Waals surface area contributed by atoms with Gasteiger partial charge < -0.3 is 20.1 Å². The predicted octanol–water partition coefficient (Wildman–Crippen LogP) is 4.70.